The second-order valence-corrected chi connectivity index (χ2v) is 5.29. The fraction of sp³-hybridized carbons (Fsp3) is 0.692. The first-order valence-electron chi connectivity index (χ1n) is 5.76. The van der Waals surface area contributed by atoms with Crippen LogP contribution in [-0.2, 0) is 14.3 Å². The number of ether oxygens (including phenoxy) is 1. The van der Waals surface area contributed by atoms with E-state index in [1.165, 1.54) is 0 Å². The van der Waals surface area contributed by atoms with E-state index in [4.69, 9.17) is 4.74 Å². The molecule has 0 N–H and O–H groups in total. The number of hydrogen-bond donors (Lipinski definition) is 0. The maximum atomic E-state index is 11.8. The van der Waals surface area contributed by atoms with Crippen LogP contribution in [0.2, 0.25) is 0 Å². The number of carbonyl (C=O) groups is 2. The summed E-state index contributed by atoms with van der Waals surface area (Å²) in [7, 11) is 0. The summed E-state index contributed by atoms with van der Waals surface area (Å²) in [6.45, 7) is 7.34. The van der Waals surface area contributed by atoms with E-state index < -0.39 is 5.60 Å². The second kappa shape index (κ2) is 4.81. The number of carbonyl (C=O) groups excluding carboxylic acids is 2. The molecule has 1 aliphatic carbocycles. The van der Waals surface area contributed by atoms with Crippen molar-refractivity contribution >= 4 is 11.8 Å². The van der Waals surface area contributed by atoms with Gasteiger partial charge in [0.05, 0.1) is 5.92 Å². The van der Waals surface area contributed by atoms with Gasteiger partial charge in [0.2, 0.25) is 0 Å². The first kappa shape index (κ1) is 12.9. The van der Waals surface area contributed by atoms with Crippen LogP contribution in [0.5, 0.6) is 0 Å². The lowest BCUT2D eigenvalue weighted by Crippen LogP contribution is -2.29. The average Bonchev–Trinajstić information content (AvgIpc) is 2.14. The lowest BCUT2D eigenvalue weighted by molar-refractivity contribution is -0.158. The van der Waals surface area contributed by atoms with Gasteiger partial charge in [0, 0.05) is 6.42 Å². The Hall–Kier alpha value is -1.12. The van der Waals surface area contributed by atoms with Crippen LogP contribution >= 0.6 is 0 Å². The molecule has 1 aliphatic rings. The van der Waals surface area contributed by atoms with Crippen LogP contribution in [-0.4, -0.2) is 17.4 Å². The highest BCUT2D eigenvalue weighted by Gasteiger charge is 2.26. The standard InChI is InChI=1S/C13H20O3/c1-9(12(15)16-13(2,3)4)10-6-5-7-11(14)8-10/h8-9H,5-7H2,1-4H3. The van der Waals surface area contributed by atoms with Crippen LogP contribution in [0.25, 0.3) is 0 Å². The minimum absolute atomic E-state index is 0.122. The second-order valence-electron chi connectivity index (χ2n) is 5.29. The van der Waals surface area contributed by atoms with Gasteiger partial charge in [-0.25, -0.2) is 0 Å². The Bertz CT molecular complexity index is 321. The number of rotatable bonds is 2. The maximum absolute atomic E-state index is 11.8. The summed E-state index contributed by atoms with van der Waals surface area (Å²) in [5, 5.41) is 0. The Balaban J connectivity index is 2.67. The molecule has 0 aromatic carbocycles. The minimum atomic E-state index is -0.468. The van der Waals surface area contributed by atoms with Crippen molar-refractivity contribution in [3.63, 3.8) is 0 Å². The Morgan fingerprint density at radius 2 is 2.00 bits per heavy atom. The summed E-state index contributed by atoms with van der Waals surface area (Å²) in [5.41, 5.74) is 0.440. The van der Waals surface area contributed by atoms with Crippen LogP contribution in [0.15, 0.2) is 11.6 Å². The highest BCUT2D eigenvalue weighted by atomic mass is 16.6. The highest BCUT2D eigenvalue weighted by molar-refractivity contribution is 5.92. The largest absolute Gasteiger partial charge is 0.460 e. The summed E-state index contributed by atoms with van der Waals surface area (Å²) >= 11 is 0. The SMILES string of the molecule is CC(C(=O)OC(C)(C)C)C1=CC(=O)CCC1. The lowest BCUT2D eigenvalue weighted by Gasteiger charge is -2.24. The molecule has 0 aromatic rings. The molecule has 16 heavy (non-hydrogen) atoms. The summed E-state index contributed by atoms with van der Waals surface area (Å²) < 4.78 is 5.30. The van der Waals surface area contributed by atoms with Gasteiger partial charge in [-0.1, -0.05) is 5.57 Å². The van der Waals surface area contributed by atoms with E-state index in [1.54, 1.807) is 13.0 Å². The van der Waals surface area contributed by atoms with Gasteiger partial charge in [-0.05, 0) is 46.6 Å². The molecule has 1 unspecified atom stereocenters. The van der Waals surface area contributed by atoms with Crippen molar-refractivity contribution < 1.29 is 14.3 Å². The van der Waals surface area contributed by atoms with Crippen molar-refractivity contribution in [1.29, 1.82) is 0 Å². The maximum Gasteiger partial charge on any atom is 0.313 e. The predicted molar refractivity (Wildman–Crippen MR) is 62.0 cm³/mol. The van der Waals surface area contributed by atoms with E-state index in [-0.39, 0.29) is 17.7 Å². The fourth-order valence-electron chi connectivity index (χ4n) is 1.70. The quantitative estimate of drug-likeness (QED) is 0.677. The minimum Gasteiger partial charge on any atom is -0.460 e. The Kier molecular flexibility index (Phi) is 3.89. The topological polar surface area (TPSA) is 43.4 Å². The Morgan fingerprint density at radius 1 is 1.38 bits per heavy atom. The molecule has 0 radical (unpaired) electrons. The predicted octanol–water partition coefficient (Wildman–Crippen LogP) is 2.64. The Morgan fingerprint density at radius 3 is 2.50 bits per heavy atom. The van der Waals surface area contributed by atoms with E-state index in [0.29, 0.717) is 6.42 Å². The lowest BCUT2D eigenvalue weighted by atomic mass is 9.90. The van der Waals surface area contributed by atoms with Gasteiger partial charge in [0.15, 0.2) is 5.78 Å². The van der Waals surface area contributed by atoms with E-state index in [2.05, 4.69) is 0 Å². The number of esters is 1. The van der Waals surface area contributed by atoms with Gasteiger partial charge in [-0.3, -0.25) is 9.59 Å². The van der Waals surface area contributed by atoms with Crippen LogP contribution in [0.1, 0.15) is 47.0 Å². The van der Waals surface area contributed by atoms with Crippen LogP contribution in [0.4, 0.5) is 0 Å². The summed E-state index contributed by atoms with van der Waals surface area (Å²) in [4.78, 5) is 23.0. The van der Waals surface area contributed by atoms with Crippen molar-refractivity contribution in [2.24, 2.45) is 5.92 Å². The number of ketones is 1. The molecule has 0 saturated carbocycles. The van der Waals surface area contributed by atoms with Crippen molar-refractivity contribution in [3.05, 3.63) is 11.6 Å². The molecule has 3 heteroatoms. The third-order valence-corrected chi connectivity index (χ3v) is 2.55. The van der Waals surface area contributed by atoms with Crippen molar-refractivity contribution in [1.82, 2.24) is 0 Å². The van der Waals surface area contributed by atoms with Gasteiger partial charge in [-0.2, -0.15) is 0 Å². The summed E-state index contributed by atoms with van der Waals surface area (Å²) in [5.74, 6) is -0.423. The number of hydrogen-bond acceptors (Lipinski definition) is 3. The van der Waals surface area contributed by atoms with E-state index in [9.17, 15) is 9.59 Å². The van der Waals surface area contributed by atoms with Crippen LogP contribution in [0, 0.1) is 5.92 Å². The smallest absolute Gasteiger partial charge is 0.313 e. The van der Waals surface area contributed by atoms with Gasteiger partial charge < -0.3 is 4.74 Å². The fourth-order valence-corrected chi connectivity index (χ4v) is 1.70. The van der Waals surface area contributed by atoms with E-state index in [1.807, 2.05) is 20.8 Å². The third kappa shape index (κ3) is 3.80. The van der Waals surface area contributed by atoms with Gasteiger partial charge in [-0.15, -0.1) is 0 Å². The molecule has 0 aliphatic heterocycles. The van der Waals surface area contributed by atoms with Crippen molar-refractivity contribution in [2.75, 3.05) is 0 Å². The molecule has 90 valence electrons. The van der Waals surface area contributed by atoms with Gasteiger partial charge >= 0.3 is 5.97 Å². The number of allylic oxidation sites excluding steroid dienone is 1. The zero-order chi connectivity index (χ0) is 12.3. The molecule has 0 aromatic heterocycles. The first-order chi connectivity index (χ1) is 7.29. The van der Waals surface area contributed by atoms with Crippen molar-refractivity contribution in [3.8, 4) is 0 Å². The molecule has 1 atom stereocenters. The molecule has 3 nitrogen and oxygen atoms in total. The molecular formula is C13H20O3. The average molecular weight is 224 g/mol. The molecule has 0 amide bonds. The first-order valence-corrected chi connectivity index (χ1v) is 5.76. The van der Waals surface area contributed by atoms with Gasteiger partial charge in [0.1, 0.15) is 5.60 Å². The monoisotopic (exact) mass is 224 g/mol. The molecule has 0 bridgehead atoms. The molecule has 0 saturated heterocycles. The Labute approximate surface area is 96.9 Å². The molecule has 0 spiro atoms. The third-order valence-electron chi connectivity index (χ3n) is 2.55. The zero-order valence-electron chi connectivity index (χ0n) is 10.5. The molecule has 0 heterocycles. The normalized spacial score (nSPS) is 19.0. The molecular weight excluding hydrogens is 204 g/mol. The molecule has 1 rings (SSSR count). The van der Waals surface area contributed by atoms with E-state index >= 15 is 0 Å². The van der Waals surface area contributed by atoms with Crippen LogP contribution < -0.4 is 0 Å². The van der Waals surface area contributed by atoms with E-state index in [0.717, 1.165) is 18.4 Å². The van der Waals surface area contributed by atoms with Crippen molar-refractivity contribution in [2.45, 2.75) is 52.6 Å². The van der Waals surface area contributed by atoms with Crippen LogP contribution in [0.3, 0.4) is 0 Å². The van der Waals surface area contributed by atoms with Gasteiger partial charge in [0.25, 0.3) is 0 Å². The highest BCUT2D eigenvalue weighted by Crippen LogP contribution is 2.24. The summed E-state index contributed by atoms with van der Waals surface area (Å²) in [6.07, 6.45) is 3.88. The molecule has 0 fully saturated rings. The zero-order valence-corrected chi connectivity index (χ0v) is 10.5. The summed E-state index contributed by atoms with van der Waals surface area (Å²) in [6, 6.07) is 0.